The van der Waals surface area contributed by atoms with Crippen LogP contribution in [-0.2, 0) is 0 Å². The van der Waals surface area contributed by atoms with Crippen LogP contribution < -0.4 is 0 Å². The van der Waals surface area contributed by atoms with Crippen LogP contribution in [-0.4, -0.2) is 0 Å². The maximum absolute atomic E-state index is 3.93. The molecule has 0 nitrogen and oxygen atoms in total. The molecule has 0 heteroatoms. The lowest BCUT2D eigenvalue weighted by molar-refractivity contribution is 0.443. The van der Waals surface area contributed by atoms with Gasteiger partial charge in [0.05, 0.1) is 0 Å². The van der Waals surface area contributed by atoms with Crippen molar-refractivity contribution < 1.29 is 0 Å². The van der Waals surface area contributed by atoms with Crippen molar-refractivity contribution in [3.63, 3.8) is 0 Å². The second-order valence-electron chi connectivity index (χ2n) is 7.34. The number of rotatable bonds is 18. The molecule has 0 aliphatic rings. The van der Waals surface area contributed by atoms with E-state index in [1.54, 1.807) is 0 Å². The molecule has 0 aromatic rings. The van der Waals surface area contributed by atoms with Crippen LogP contribution >= 0.6 is 0 Å². The van der Waals surface area contributed by atoms with E-state index < -0.39 is 0 Å². The van der Waals surface area contributed by atoms with E-state index in [9.17, 15) is 0 Å². The smallest absolute Gasteiger partial charge is 0.0443 e. The Morgan fingerprint density at radius 2 is 0.773 bits per heavy atom. The third-order valence-electron chi connectivity index (χ3n) is 4.89. The molecule has 1 unspecified atom stereocenters. The van der Waals surface area contributed by atoms with E-state index in [4.69, 9.17) is 0 Å². The zero-order chi connectivity index (χ0) is 16.3. The van der Waals surface area contributed by atoms with Gasteiger partial charge in [0, 0.05) is 0 Å². The standard InChI is InChI=1S/C22H44/c1-4-6-8-9-10-11-12-13-14-15-16-17-18-19-21-22(3)20-7-5-2/h22H,1-2,4-21H2,3H3. The molecule has 0 aliphatic carbocycles. The SMILES string of the molecule is [CH2]CCCCCCCCCCCCCCCC(C)CCC[CH2]. The highest BCUT2D eigenvalue weighted by Gasteiger charge is 2.01. The van der Waals surface area contributed by atoms with Crippen LogP contribution in [0, 0.1) is 19.8 Å². The average Bonchev–Trinajstić information content (AvgIpc) is 2.53. The predicted molar refractivity (Wildman–Crippen MR) is 103 cm³/mol. The van der Waals surface area contributed by atoms with Gasteiger partial charge in [-0.2, -0.15) is 0 Å². The van der Waals surface area contributed by atoms with Gasteiger partial charge in [-0.05, 0) is 5.92 Å². The maximum Gasteiger partial charge on any atom is -0.0443 e. The summed E-state index contributed by atoms with van der Waals surface area (Å²) in [5.74, 6) is 0.926. The van der Waals surface area contributed by atoms with E-state index in [-0.39, 0.29) is 0 Å². The number of hydrogen-bond acceptors (Lipinski definition) is 0. The fourth-order valence-electron chi connectivity index (χ4n) is 3.25. The summed E-state index contributed by atoms with van der Waals surface area (Å²) >= 11 is 0. The van der Waals surface area contributed by atoms with Gasteiger partial charge in [-0.1, -0.05) is 136 Å². The number of hydrogen-bond donors (Lipinski definition) is 0. The fourth-order valence-corrected chi connectivity index (χ4v) is 3.25. The fraction of sp³-hybridized carbons (Fsp3) is 0.909. The minimum atomic E-state index is 0.926. The Hall–Kier alpha value is 0. The summed E-state index contributed by atoms with van der Waals surface area (Å²) < 4.78 is 0. The third-order valence-corrected chi connectivity index (χ3v) is 4.89. The van der Waals surface area contributed by atoms with Crippen LogP contribution in [0.5, 0.6) is 0 Å². The summed E-state index contributed by atoms with van der Waals surface area (Å²) in [5.41, 5.74) is 0. The molecule has 0 bridgehead atoms. The molecule has 132 valence electrons. The van der Waals surface area contributed by atoms with Crippen molar-refractivity contribution in [2.75, 3.05) is 0 Å². The number of unbranched alkanes of at least 4 members (excludes halogenated alkanes) is 14. The van der Waals surface area contributed by atoms with Gasteiger partial charge in [-0.3, -0.25) is 0 Å². The second-order valence-corrected chi connectivity index (χ2v) is 7.34. The Morgan fingerprint density at radius 1 is 0.455 bits per heavy atom. The highest BCUT2D eigenvalue weighted by atomic mass is 14.1. The second kappa shape index (κ2) is 19.0. The summed E-state index contributed by atoms with van der Waals surface area (Å²) in [7, 11) is 0. The largest absolute Gasteiger partial charge is 0.0625 e. The molecular weight excluding hydrogens is 264 g/mol. The first-order valence-corrected chi connectivity index (χ1v) is 10.4. The van der Waals surface area contributed by atoms with Crippen molar-refractivity contribution >= 4 is 0 Å². The van der Waals surface area contributed by atoms with Gasteiger partial charge >= 0.3 is 0 Å². The summed E-state index contributed by atoms with van der Waals surface area (Å²) in [4.78, 5) is 0. The zero-order valence-corrected chi connectivity index (χ0v) is 15.7. The van der Waals surface area contributed by atoms with Crippen LogP contribution in [0.2, 0.25) is 0 Å². The molecule has 0 saturated heterocycles. The normalized spacial score (nSPS) is 12.7. The molecule has 22 heavy (non-hydrogen) atoms. The van der Waals surface area contributed by atoms with Crippen LogP contribution in [0.1, 0.15) is 122 Å². The van der Waals surface area contributed by atoms with Gasteiger partial charge in [0.15, 0.2) is 0 Å². The van der Waals surface area contributed by atoms with Gasteiger partial charge in [-0.25, -0.2) is 0 Å². The molecule has 1 atom stereocenters. The predicted octanol–water partition coefficient (Wildman–Crippen LogP) is 8.31. The first kappa shape index (κ1) is 22.0. The average molecular weight is 309 g/mol. The van der Waals surface area contributed by atoms with Gasteiger partial charge in [0.1, 0.15) is 0 Å². The minimum absolute atomic E-state index is 0.926. The van der Waals surface area contributed by atoms with E-state index in [1.807, 2.05) is 0 Å². The van der Waals surface area contributed by atoms with Crippen molar-refractivity contribution in [2.45, 2.75) is 122 Å². The Kier molecular flexibility index (Phi) is 19.0. The summed E-state index contributed by atoms with van der Waals surface area (Å²) in [6.45, 7) is 10.2. The Morgan fingerprint density at radius 3 is 1.18 bits per heavy atom. The molecule has 0 amide bonds. The Labute approximate surface area is 142 Å². The molecule has 0 rings (SSSR count). The van der Waals surface area contributed by atoms with Gasteiger partial charge in [0.2, 0.25) is 0 Å². The molecule has 0 aromatic heterocycles. The molecule has 0 N–H and O–H groups in total. The quantitative estimate of drug-likeness (QED) is 0.223. The summed E-state index contributed by atoms with van der Waals surface area (Å²) in [5, 5.41) is 0. The molecule has 0 saturated carbocycles. The molecule has 0 spiro atoms. The highest BCUT2D eigenvalue weighted by Crippen LogP contribution is 2.17. The van der Waals surface area contributed by atoms with Crippen molar-refractivity contribution in [3.05, 3.63) is 13.8 Å². The lowest BCUT2D eigenvalue weighted by atomic mass is 9.97. The molecule has 0 fully saturated rings. The molecule has 0 aliphatic heterocycles. The minimum Gasteiger partial charge on any atom is -0.0625 e. The lowest BCUT2D eigenvalue weighted by Gasteiger charge is -2.10. The van der Waals surface area contributed by atoms with Crippen molar-refractivity contribution in [1.29, 1.82) is 0 Å². The van der Waals surface area contributed by atoms with Crippen LogP contribution in [0.4, 0.5) is 0 Å². The molecular formula is C22H44. The lowest BCUT2D eigenvalue weighted by Crippen LogP contribution is -1.94. The highest BCUT2D eigenvalue weighted by molar-refractivity contribution is 4.56. The Balaban J connectivity index is 3.02. The third kappa shape index (κ3) is 18.1. The molecule has 0 aromatic carbocycles. The van der Waals surface area contributed by atoms with Gasteiger partial charge in [-0.15, -0.1) is 0 Å². The van der Waals surface area contributed by atoms with Crippen molar-refractivity contribution in [1.82, 2.24) is 0 Å². The van der Waals surface area contributed by atoms with Gasteiger partial charge < -0.3 is 0 Å². The van der Waals surface area contributed by atoms with Crippen molar-refractivity contribution in [2.24, 2.45) is 5.92 Å². The van der Waals surface area contributed by atoms with Crippen LogP contribution in [0.25, 0.3) is 0 Å². The van der Waals surface area contributed by atoms with E-state index >= 15 is 0 Å². The van der Waals surface area contributed by atoms with Crippen LogP contribution in [0.3, 0.4) is 0 Å². The summed E-state index contributed by atoms with van der Waals surface area (Å²) in [6.07, 6.45) is 25.2. The summed E-state index contributed by atoms with van der Waals surface area (Å²) in [6, 6.07) is 0. The van der Waals surface area contributed by atoms with Crippen LogP contribution in [0.15, 0.2) is 0 Å². The molecule has 0 heterocycles. The maximum atomic E-state index is 3.93. The van der Waals surface area contributed by atoms with Crippen molar-refractivity contribution in [3.8, 4) is 0 Å². The van der Waals surface area contributed by atoms with E-state index in [0.717, 1.165) is 18.8 Å². The van der Waals surface area contributed by atoms with E-state index in [2.05, 4.69) is 20.8 Å². The zero-order valence-electron chi connectivity index (χ0n) is 15.7. The monoisotopic (exact) mass is 308 g/mol. The Bertz CT molecular complexity index is 184. The topological polar surface area (TPSA) is 0 Å². The van der Waals surface area contributed by atoms with E-state index in [1.165, 1.54) is 103 Å². The van der Waals surface area contributed by atoms with Gasteiger partial charge in [0.25, 0.3) is 0 Å². The first-order chi connectivity index (χ1) is 10.8. The molecule has 2 radical (unpaired) electrons. The van der Waals surface area contributed by atoms with E-state index in [0.29, 0.717) is 0 Å². The first-order valence-electron chi connectivity index (χ1n) is 10.4.